The molecule has 0 fully saturated rings. The van der Waals surface area contributed by atoms with E-state index in [4.69, 9.17) is 9.47 Å². The van der Waals surface area contributed by atoms with E-state index in [1.807, 2.05) is 0 Å². The van der Waals surface area contributed by atoms with Crippen LogP contribution in [-0.4, -0.2) is 60.1 Å². The number of methoxy groups -OCH3 is 1. The Hall–Kier alpha value is -4.41. The predicted octanol–water partition coefficient (Wildman–Crippen LogP) is 1.15. The molecule has 3 aromatic rings. The maximum atomic E-state index is 13.0. The van der Waals surface area contributed by atoms with Gasteiger partial charge in [0.25, 0.3) is 17.4 Å². The average molecular weight is 508 g/mol. The van der Waals surface area contributed by atoms with Crippen LogP contribution in [-0.2, 0) is 11.8 Å². The lowest BCUT2D eigenvalue weighted by molar-refractivity contribution is -0.123. The van der Waals surface area contributed by atoms with Crippen LogP contribution in [0.25, 0.3) is 10.9 Å². The Bertz CT molecular complexity index is 1390. The highest BCUT2D eigenvalue weighted by atomic mass is 16.5. The van der Waals surface area contributed by atoms with Crippen molar-refractivity contribution in [3.05, 3.63) is 64.2 Å². The summed E-state index contributed by atoms with van der Waals surface area (Å²) in [5.74, 6) is -0.146. The lowest BCUT2D eigenvalue weighted by atomic mass is 10.1. The predicted molar refractivity (Wildman–Crippen MR) is 136 cm³/mol. The molecular formula is C26H29N5O6. The molecule has 11 nitrogen and oxygen atoms in total. The van der Waals surface area contributed by atoms with E-state index in [-0.39, 0.29) is 30.5 Å². The number of nitrogens with zero attached hydrogens (tertiary/aromatic N) is 2. The first-order valence-corrected chi connectivity index (χ1v) is 12.0. The lowest BCUT2D eigenvalue weighted by Gasteiger charge is -2.20. The van der Waals surface area contributed by atoms with Gasteiger partial charge in [-0.05, 0) is 49.6 Å². The van der Waals surface area contributed by atoms with Crippen LogP contribution in [0.3, 0.4) is 0 Å². The van der Waals surface area contributed by atoms with E-state index < -0.39 is 11.9 Å². The Balaban J connectivity index is 1.46. The minimum atomic E-state index is -0.786. The maximum absolute atomic E-state index is 13.0. The van der Waals surface area contributed by atoms with Crippen molar-refractivity contribution in [2.24, 2.45) is 7.05 Å². The number of benzene rings is 2. The zero-order valence-corrected chi connectivity index (χ0v) is 20.7. The smallest absolute Gasteiger partial charge is 0.260 e. The highest BCUT2D eigenvalue weighted by Crippen LogP contribution is 2.25. The van der Waals surface area contributed by atoms with Crippen molar-refractivity contribution in [2.45, 2.75) is 25.3 Å². The van der Waals surface area contributed by atoms with Crippen molar-refractivity contribution in [1.82, 2.24) is 25.5 Å². The fourth-order valence-corrected chi connectivity index (χ4v) is 4.03. The van der Waals surface area contributed by atoms with E-state index in [1.165, 1.54) is 30.1 Å². The second-order valence-electron chi connectivity index (χ2n) is 8.67. The van der Waals surface area contributed by atoms with Crippen molar-refractivity contribution in [1.29, 1.82) is 0 Å². The van der Waals surface area contributed by atoms with E-state index in [2.05, 4.69) is 20.9 Å². The first-order chi connectivity index (χ1) is 17.9. The monoisotopic (exact) mass is 507 g/mol. The first-order valence-electron chi connectivity index (χ1n) is 12.0. The van der Waals surface area contributed by atoms with Crippen LogP contribution in [0.1, 0.15) is 40.0 Å². The maximum Gasteiger partial charge on any atom is 0.260 e. The van der Waals surface area contributed by atoms with Crippen LogP contribution in [0.2, 0.25) is 0 Å². The van der Waals surface area contributed by atoms with Crippen molar-refractivity contribution >= 4 is 28.6 Å². The number of carbonyl (C=O) groups is 3. The molecule has 0 bridgehead atoms. The Kier molecular flexibility index (Phi) is 8.02. The third-order valence-corrected chi connectivity index (χ3v) is 6.10. The van der Waals surface area contributed by atoms with Crippen molar-refractivity contribution in [3.8, 4) is 11.5 Å². The molecule has 1 aliphatic rings. The molecule has 1 aliphatic heterocycles. The summed E-state index contributed by atoms with van der Waals surface area (Å²) < 4.78 is 12.3. The number of fused-ring (bicyclic) bond motifs is 2. The van der Waals surface area contributed by atoms with E-state index in [0.29, 0.717) is 59.3 Å². The van der Waals surface area contributed by atoms with Crippen LogP contribution in [0.15, 0.2) is 47.5 Å². The zero-order chi connectivity index (χ0) is 26.4. The first kappa shape index (κ1) is 25.7. The largest absolute Gasteiger partial charge is 0.497 e. The molecule has 0 radical (unpaired) electrons. The number of amides is 3. The van der Waals surface area contributed by atoms with Gasteiger partial charge in [0, 0.05) is 25.2 Å². The number of rotatable bonds is 3. The summed E-state index contributed by atoms with van der Waals surface area (Å²) in [7, 11) is 3.13. The second-order valence-corrected chi connectivity index (χ2v) is 8.67. The number of hydrogen-bond donors (Lipinski definition) is 3. The van der Waals surface area contributed by atoms with Gasteiger partial charge in [-0.3, -0.25) is 19.2 Å². The number of nitrogens with one attached hydrogen (secondary N) is 3. The minimum absolute atomic E-state index is 0.116. The van der Waals surface area contributed by atoms with E-state index in [0.717, 1.165) is 0 Å². The highest BCUT2D eigenvalue weighted by molar-refractivity contribution is 6.00. The van der Waals surface area contributed by atoms with Crippen LogP contribution in [0.5, 0.6) is 11.5 Å². The second kappa shape index (κ2) is 11.5. The standard InChI is InChI=1S/C26H29N5O6/c1-31-15-29-21-13-16(6-8-18(21)26(31)35)23(32)30-20-5-3-4-10-27-24(33)19-9-7-17(36-2)14-22(19)37-12-11-28-25(20)34/h6-9,13-15,20H,3-5,10-12H2,1-2H3,(H,27,33)(H,28,34)(H,30,32)/t20-/m0/s1. The molecular weight excluding hydrogens is 478 g/mol. The van der Waals surface area contributed by atoms with Crippen LogP contribution < -0.4 is 31.0 Å². The number of aromatic nitrogens is 2. The van der Waals surface area contributed by atoms with E-state index in [9.17, 15) is 19.2 Å². The molecule has 3 amide bonds. The van der Waals surface area contributed by atoms with E-state index >= 15 is 0 Å². The van der Waals surface area contributed by atoms with Crippen molar-refractivity contribution in [2.75, 3.05) is 26.8 Å². The Labute approximate surface area is 213 Å². The van der Waals surface area contributed by atoms with Gasteiger partial charge in [0.15, 0.2) is 0 Å². The molecule has 1 aromatic heterocycles. The van der Waals surface area contributed by atoms with Crippen LogP contribution >= 0.6 is 0 Å². The summed E-state index contributed by atoms with van der Waals surface area (Å²) in [5, 5.41) is 8.85. The van der Waals surface area contributed by atoms with Gasteiger partial charge >= 0.3 is 0 Å². The number of hydrogen-bond acceptors (Lipinski definition) is 7. The van der Waals surface area contributed by atoms with Gasteiger partial charge in [-0.25, -0.2) is 4.98 Å². The van der Waals surface area contributed by atoms with Crippen LogP contribution in [0, 0.1) is 0 Å². The number of aryl methyl sites for hydroxylation is 1. The molecule has 1 atom stereocenters. The quantitative estimate of drug-likeness (QED) is 0.483. The average Bonchev–Trinajstić information content (AvgIpc) is 2.91. The molecule has 11 heteroatoms. The van der Waals surface area contributed by atoms with E-state index in [1.54, 1.807) is 31.3 Å². The number of ether oxygens (including phenoxy) is 2. The Morgan fingerprint density at radius 3 is 2.76 bits per heavy atom. The van der Waals surface area contributed by atoms with Gasteiger partial charge in [-0.1, -0.05) is 0 Å². The van der Waals surface area contributed by atoms with Gasteiger partial charge in [-0.2, -0.15) is 0 Å². The normalized spacial score (nSPS) is 17.0. The Morgan fingerprint density at radius 2 is 1.95 bits per heavy atom. The molecule has 0 saturated carbocycles. The molecule has 0 unspecified atom stereocenters. The third kappa shape index (κ3) is 6.05. The lowest BCUT2D eigenvalue weighted by Crippen LogP contribution is -2.47. The molecule has 2 aromatic carbocycles. The zero-order valence-electron chi connectivity index (χ0n) is 20.7. The molecule has 194 valence electrons. The molecule has 37 heavy (non-hydrogen) atoms. The van der Waals surface area contributed by atoms with Gasteiger partial charge < -0.3 is 30.0 Å². The topological polar surface area (TPSA) is 141 Å². The van der Waals surface area contributed by atoms with Gasteiger partial charge in [0.1, 0.15) is 24.1 Å². The summed E-state index contributed by atoms with van der Waals surface area (Å²) >= 11 is 0. The molecule has 0 saturated heterocycles. The molecule has 4 rings (SSSR count). The van der Waals surface area contributed by atoms with Crippen LogP contribution in [0.4, 0.5) is 0 Å². The summed E-state index contributed by atoms with van der Waals surface area (Å²) in [4.78, 5) is 55.0. The summed E-state index contributed by atoms with van der Waals surface area (Å²) in [6.45, 7) is 0.690. The molecule has 0 aliphatic carbocycles. The highest BCUT2D eigenvalue weighted by Gasteiger charge is 2.22. The summed E-state index contributed by atoms with van der Waals surface area (Å²) in [6.07, 6.45) is 2.99. The summed E-state index contributed by atoms with van der Waals surface area (Å²) in [6, 6.07) is 8.79. The molecule has 3 N–H and O–H groups in total. The third-order valence-electron chi connectivity index (χ3n) is 6.10. The molecule has 2 heterocycles. The van der Waals surface area contributed by atoms with Gasteiger partial charge in [-0.15, -0.1) is 0 Å². The van der Waals surface area contributed by atoms with Gasteiger partial charge in [0.2, 0.25) is 5.91 Å². The number of carbonyl (C=O) groups excluding carboxylic acids is 3. The van der Waals surface area contributed by atoms with Crippen molar-refractivity contribution < 1.29 is 23.9 Å². The summed E-state index contributed by atoms with van der Waals surface area (Å²) in [5.41, 5.74) is 0.868. The fourth-order valence-electron chi connectivity index (χ4n) is 4.03. The van der Waals surface area contributed by atoms with Gasteiger partial charge in [0.05, 0.1) is 36.4 Å². The SMILES string of the molecule is COc1ccc2c(c1)OCCNC(=O)[C@@H](NC(=O)c1ccc3c(=O)n(C)cnc3c1)CCCCNC2=O. The van der Waals surface area contributed by atoms with Crippen molar-refractivity contribution in [3.63, 3.8) is 0 Å². The molecule has 0 spiro atoms. The minimum Gasteiger partial charge on any atom is -0.497 e. The fraction of sp³-hybridized carbons (Fsp3) is 0.346. The Morgan fingerprint density at radius 1 is 1.11 bits per heavy atom.